The normalized spacial score (nSPS) is 12.4. The first-order valence-corrected chi connectivity index (χ1v) is 5.65. The molecule has 0 aliphatic heterocycles. The molecule has 1 unspecified atom stereocenters. The highest BCUT2D eigenvalue weighted by Crippen LogP contribution is 2.17. The highest BCUT2D eigenvalue weighted by molar-refractivity contribution is 5.20. The molecule has 2 rings (SSSR count). The number of rotatable bonds is 4. The van der Waals surface area contributed by atoms with Crippen LogP contribution in [0.5, 0.6) is 0 Å². The average molecular weight is 230 g/mol. The highest BCUT2D eigenvalue weighted by Gasteiger charge is 2.06. The SMILES string of the molecule is NC(CCc1cccnc1)c1cccc(F)c1. The summed E-state index contributed by atoms with van der Waals surface area (Å²) < 4.78 is 13.0. The zero-order chi connectivity index (χ0) is 12.1. The maximum absolute atomic E-state index is 13.0. The van der Waals surface area contributed by atoms with Gasteiger partial charge in [0.2, 0.25) is 0 Å². The van der Waals surface area contributed by atoms with Gasteiger partial charge in [0.25, 0.3) is 0 Å². The molecule has 0 bridgehead atoms. The third-order valence-electron chi connectivity index (χ3n) is 2.74. The Kier molecular flexibility index (Phi) is 3.83. The van der Waals surface area contributed by atoms with Crippen LogP contribution < -0.4 is 5.73 Å². The van der Waals surface area contributed by atoms with Crippen LogP contribution in [0.2, 0.25) is 0 Å². The van der Waals surface area contributed by atoms with Gasteiger partial charge in [-0.1, -0.05) is 18.2 Å². The molecule has 2 nitrogen and oxygen atoms in total. The Hall–Kier alpha value is -1.74. The van der Waals surface area contributed by atoms with Crippen molar-refractivity contribution in [3.8, 4) is 0 Å². The molecule has 2 aromatic rings. The molecule has 0 aliphatic rings. The summed E-state index contributed by atoms with van der Waals surface area (Å²) in [6, 6.07) is 10.3. The van der Waals surface area contributed by atoms with Crippen LogP contribution in [0.25, 0.3) is 0 Å². The Morgan fingerprint density at radius 1 is 1.24 bits per heavy atom. The molecule has 0 aliphatic carbocycles. The molecule has 0 radical (unpaired) electrons. The van der Waals surface area contributed by atoms with Crippen LogP contribution in [0.1, 0.15) is 23.6 Å². The van der Waals surface area contributed by atoms with Crippen molar-refractivity contribution >= 4 is 0 Å². The molecule has 0 saturated carbocycles. The first kappa shape index (κ1) is 11.7. The minimum absolute atomic E-state index is 0.133. The van der Waals surface area contributed by atoms with E-state index in [1.807, 2.05) is 24.4 Å². The molecule has 1 aromatic heterocycles. The van der Waals surface area contributed by atoms with Gasteiger partial charge in [-0.2, -0.15) is 0 Å². The smallest absolute Gasteiger partial charge is 0.123 e. The lowest BCUT2D eigenvalue weighted by molar-refractivity contribution is 0.609. The molecule has 0 saturated heterocycles. The van der Waals surface area contributed by atoms with E-state index >= 15 is 0 Å². The molecule has 2 N–H and O–H groups in total. The van der Waals surface area contributed by atoms with E-state index < -0.39 is 0 Å². The number of hydrogen-bond donors (Lipinski definition) is 1. The van der Waals surface area contributed by atoms with Crippen molar-refractivity contribution in [1.82, 2.24) is 4.98 Å². The molecular weight excluding hydrogens is 215 g/mol. The van der Waals surface area contributed by atoms with Crippen LogP contribution in [0.15, 0.2) is 48.8 Å². The standard InChI is InChI=1S/C14H15FN2/c15-13-5-1-4-12(9-13)14(16)7-6-11-3-2-8-17-10-11/h1-5,8-10,14H,6-7,16H2. The average Bonchev–Trinajstić information content (AvgIpc) is 2.37. The van der Waals surface area contributed by atoms with Crippen LogP contribution in [0, 0.1) is 5.82 Å². The number of halogens is 1. The summed E-state index contributed by atoms with van der Waals surface area (Å²) >= 11 is 0. The molecule has 88 valence electrons. The largest absolute Gasteiger partial charge is 0.324 e. The maximum Gasteiger partial charge on any atom is 0.123 e. The van der Waals surface area contributed by atoms with Crippen LogP contribution in [-0.4, -0.2) is 4.98 Å². The molecule has 1 aromatic carbocycles. The van der Waals surface area contributed by atoms with E-state index in [0.717, 1.165) is 24.0 Å². The maximum atomic E-state index is 13.0. The van der Waals surface area contributed by atoms with Crippen molar-refractivity contribution in [1.29, 1.82) is 0 Å². The summed E-state index contributed by atoms with van der Waals surface area (Å²) in [5.74, 6) is -0.237. The number of benzene rings is 1. The van der Waals surface area contributed by atoms with E-state index in [1.165, 1.54) is 12.1 Å². The number of nitrogens with zero attached hydrogens (tertiary/aromatic N) is 1. The summed E-state index contributed by atoms with van der Waals surface area (Å²) in [5, 5.41) is 0. The predicted octanol–water partition coefficient (Wildman–Crippen LogP) is 2.85. The van der Waals surface area contributed by atoms with Crippen LogP contribution >= 0.6 is 0 Å². The molecule has 0 spiro atoms. The van der Waals surface area contributed by atoms with Gasteiger partial charge in [-0.05, 0) is 42.2 Å². The number of nitrogens with two attached hydrogens (primary N) is 1. The Bertz CT molecular complexity index is 471. The van der Waals surface area contributed by atoms with Gasteiger partial charge >= 0.3 is 0 Å². The second-order valence-corrected chi connectivity index (χ2v) is 4.06. The van der Waals surface area contributed by atoms with Crippen molar-refractivity contribution in [2.75, 3.05) is 0 Å². The fraction of sp³-hybridized carbons (Fsp3) is 0.214. The van der Waals surface area contributed by atoms with Gasteiger partial charge in [0, 0.05) is 18.4 Å². The quantitative estimate of drug-likeness (QED) is 0.877. The zero-order valence-corrected chi connectivity index (χ0v) is 9.51. The molecule has 0 fully saturated rings. The van der Waals surface area contributed by atoms with Crippen LogP contribution in [0.3, 0.4) is 0 Å². The molecule has 3 heteroatoms. The van der Waals surface area contributed by atoms with Gasteiger partial charge in [-0.3, -0.25) is 4.98 Å². The van der Waals surface area contributed by atoms with E-state index in [1.54, 1.807) is 12.3 Å². The topological polar surface area (TPSA) is 38.9 Å². The van der Waals surface area contributed by atoms with E-state index in [9.17, 15) is 4.39 Å². The molecule has 0 amide bonds. The van der Waals surface area contributed by atoms with Crippen LogP contribution in [-0.2, 0) is 6.42 Å². The van der Waals surface area contributed by atoms with Crippen molar-refractivity contribution in [3.05, 3.63) is 65.7 Å². The molecular formula is C14H15FN2. The Balaban J connectivity index is 1.96. The monoisotopic (exact) mass is 230 g/mol. The van der Waals surface area contributed by atoms with E-state index in [2.05, 4.69) is 4.98 Å². The second kappa shape index (κ2) is 5.55. The minimum Gasteiger partial charge on any atom is -0.324 e. The minimum atomic E-state index is -0.237. The number of pyridine rings is 1. The van der Waals surface area contributed by atoms with Crippen molar-refractivity contribution in [2.24, 2.45) is 5.73 Å². The summed E-state index contributed by atoms with van der Waals surface area (Å²) in [6.07, 6.45) is 5.22. The van der Waals surface area contributed by atoms with Crippen molar-refractivity contribution in [2.45, 2.75) is 18.9 Å². The Morgan fingerprint density at radius 2 is 2.12 bits per heavy atom. The van der Waals surface area contributed by atoms with Gasteiger partial charge in [0.05, 0.1) is 0 Å². The summed E-state index contributed by atoms with van der Waals surface area (Å²) in [7, 11) is 0. The highest BCUT2D eigenvalue weighted by atomic mass is 19.1. The van der Waals surface area contributed by atoms with Gasteiger partial charge in [-0.25, -0.2) is 4.39 Å². The Labute approximate surface area is 100 Å². The zero-order valence-electron chi connectivity index (χ0n) is 9.51. The first-order chi connectivity index (χ1) is 8.25. The molecule has 1 heterocycles. The van der Waals surface area contributed by atoms with E-state index in [0.29, 0.717) is 0 Å². The lowest BCUT2D eigenvalue weighted by Gasteiger charge is -2.11. The van der Waals surface area contributed by atoms with Crippen molar-refractivity contribution in [3.63, 3.8) is 0 Å². The lowest BCUT2D eigenvalue weighted by atomic mass is 10.0. The lowest BCUT2D eigenvalue weighted by Crippen LogP contribution is -2.11. The van der Waals surface area contributed by atoms with Gasteiger partial charge in [-0.15, -0.1) is 0 Å². The fourth-order valence-electron chi connectivity index (χ4n) is 1.77. The summed E-state index contributed by atoms with van der Waals surface area (Å²) in [5.41, 5.74) is 8.02. The van der Waals surface area contributed by atoms with Gasteiger partial charge < -0.3 is 5.73 Å². The Morgan fingerprint density at radius 3 is 2.82 bits per heavy atom. The summed E-state index contributed by atoms with van der Waals surface area (Å²) in [6.45, 7) is 0. The van der Waals surface area contributed by atoms with E-state index in [-0.39, 0.29) is 11.9 Å². The molecule has 17 heavy (non-hydrogen) atoms. The van der Waals surface area contributed by atoms with Crippen LogP contribution in [0.4, 0.5) is 4.39 Å². The third kappa shape index (κ3) is 3.36. The third-order valence-corrected chi connectivity index (χ3v) is 2.74. The number of hydrogen-bond acceptors (Lipinski definition) is 2. The molecule has 1 atom stereocenters. The number of aryl methyl sites for hydroxylation is 1. The van der Waals surface area contributed by atoms with E-state index in [4.69, 9.17) is 5.73 Å². The number of aromatic nitrogens is 1. The second-order valence-electron chi connectivity index (χ2n) is 4.06. The first-order valence-electron chi connectivity index (χ1n) is 5.65. The fourth-order valence-corrected chi connectivity index (χ4v) is 1.77. The predicted molar refractivity (Wildman–Crippen MR) is 65.9 cm³/mol. The summed E-state index contributed by atoms with van der Waals surface area (Å²) in [4.78, 5) is 4.05. The van der Waals surface area contributed by atoms with Gasteiger partial charge in [0.15, 0.2) is 0 Å². The van der Waals surface area contributed by atoms with Gasteiger partial charge in [0.1, 0.15) is 5.82 Å². The van der Waals surface area contributed by atoms with Crippen molar-refractivity contribution < 1.29 is 4.39 Å².